The lowest BCUT2D eigenvalue weighted by Crippen LogP contribution is -2.21. The summed E-state index contributed by atoms with van der Waals surface area (Å²) in [5.74, 6) is 1.65. The predicted molar refractivity (Wildman–Crippen MR) is 135 cm³/mol. The van der Waals surface area contributed by atoms with Crippen LogP contribution in [0.2, 0.25) is 0 Å². The number of hydrogen-bond donors (Lipinski definition) is 1. The molecule has 34 heavy (non-hydrogen) atoms. The van der Waals surface area contributed by atoms with Crippen molar-refractivity contribution in [3.05, 3.63) is 46.2 Å². The SMILES string of the molecule is Cc1nc(NC(=O)CSc2nnc(C(C)Oc3ccc(C(C)C)cc3)n2C)sc1C(=O)N(C)C. The molecule has 1 aromatic carbocycles. The van der Waals surface area contributed by atoms with E-state index >= 15 is 0 Å². The van der Waals surface area contributed by atoms with Crippen molar-refractivity contribution < 1.29 is 14.3 Å². The van der Waals surface area contributed by atoms with Crippen molar-refractivity contribution in [2.24, 2.45) is 7.05 Å². The van der Waals surface area contributed by atoms with Gasteiger partial charge in [-0.1, -0.05) is 49.1 Å². The standard InChI is InChI=1S/C23H30N6O3S2/c1-13(2)16-8-10-17(11-9-16)32-15(4)20-26-27-23(29(20)7)33-12-18(30)25-22-24-14(3)19(34-22)21(31)28(5)6/h8-11,13,15H,12H2,1-7H3,(H,24,25,30). The van der Waals surface area contributed by atoms with Crippen molar-refractivity contribution in [2.75, 3.05) is 25.2 Å². The normalized spacial score (nSPS) is 12.0. The minimum atomic E-state index is -0.309. The van der Waals surface area contributed by atoms with Crippen LogP contribution in [0.1, 0.15) is 59.5 Å². The number of hydrogen-bond acceptors (Lipinski definition) is 8. The van der Waals surface area contributed by atoms with Crippen molar-refractivity contribution in [2.45, 2.75) is 44.9 Å². The zero-order chi connectivity index (χ0) is 25.0. The summed E-state index contributed by atoms with van der Waals surface area (Å²) in [6, 6.07) is 8.04. The number of aryl methyl sites for hydroxylation is 1. The van der Waals surface area contributed by atoms with Gasteiger partial charge in [-0.15, -0.1) is 10.2 Å². The maximum Gasteiger partial charge on any atom is 0.265 e. The van der Waals surface area contributed by atoms with Crippen LogP contribution in [0, 0.1) is 6.92 Å². The fourth-order valence-corrected chi connectivity index (χ4v) is 4.85. The number of thiazole rings is 1. The van der Waals surface area contributed by atoms with Crippen LogP contribution < -0.4 is 10.1 Å². The summed E-state index contributed by atoms with van der Waals surface area (Å²) in [6.45, 7) is 7.97. The summed E-state index contributed by atoms with van der Waals surface area (Å²) in [5, 5.41) is 12.2. The van der Waals surface area contributed by atoms with Crippen molar-refractivity contribution in [1.29, 1.82) is 0 Å². The molecule has 1 atom stereocenters. The average molecular weight is 503 g/mol. The van der Waals surface area contributed by atoms with Crippen molar-refractivity contribution >= 4 is 40.0 Å². The first-order valence-corrected chi connectivity index (χ1v) is 12.6. The van der Waals surface area contributed by atoms with Crippen LogP contribution in [0.3, 0.4) is 0 Å². The van der Waals surface area contributed by atoms with Gasteiger partial charge >= 0.3 is 0 Å². The van der Waals surface area contributed by atoms with E-state index in [0.717, 1.165) is 5.75 Å². The van der Waals surface area contributed by atoms with E-state index < -0.39 is 0 Å². The highest BCUT2D eigenvalue weighted by atomic mass is 32.2. The lowest BCUT2D eigenvalue weighted by atomic mass is 10.0. The summed E-state index contributed by atoms with van der Waals surface area (Å²) < 4.78 is 7.86. The monoisotopic (exact) mass is 502 g/mol. The number of nitrogens with one attached hydrogen (secondary N) is 1. The summed E-state index contributed by atoms with van der Waals surface area (Å²) in [4.78, 5) is 30.9. The van der Waals surface area contributed by atoms with Gasteiger partial charge in [-0.05, 0) is 37.5 Å². The van der Waals surface area contributed by atoms with E-state index in [1.54, 1.807) is 21.0 Å². The molecule has 2 heterocycles. The highest BCUT2D eigenvalue weighted by Gasteiger charge is 2.20. The summed E-state index contributed by atoms with van der Waals surface area (Å²) >= 11 is 2.44. The number of rotatable bonds is 9. The smallest absolute Gasteiger partial charge is 0.265 e. The molecular weight excluding hydrogens is 472 g/mol. The number of thioether (sulfide) groups is 1. The molecule has 1 unspecified atom stereocenters. The minimum absolute atomic E-state index is 0.132. The van der Waals surface area contributed by atoms with Gasteiger partial charge in [-0.3, -0.25) is 9.59 Å². The quantitative estimate of drug-likeness (QED) is 0.436. The third kappa shape index (κ3) is 6.15. The number of carbonyl (C=O) groups is 2. The number of amides is 2. The van der Waals surface area contributed by atoms with Gasteiger partial charge in [0.25, 0.3) is 5.91 Å². The van der Waals surface area contributed by atoms with Gasteiger partial charge < -0.3 is 19.5 Å². The van der Waals surface area contributed by atoms with Gasteiger partial charge in [0.05, 0.1) is 11.4 Å². The number of anilines is 1. The number of nitrogens with zero attached hydrogens (tertiary/aromatic N) is 5. The zero-order valence-corrected chi connectivity index (χ0v) is 22.1. The number of aromatic nitrogens is 4. The van der Waals surface area contributed by atoms with Gasteiger partial charge in [0.1, 0.15) is 10.6 Å². The Morgan fingerprint density at radius 1 is 1.18 bits per heavy atom. The lowest BCUT2D eigenvalue weighted by molar-refractivity contribution is -0.113. The van der Waals surface area contributed by atoms with E-state index in [4.69, 9.17) is 4.74 Å². The number of carbonyl (C=O) groups excluding carboxylic acids is 2. The van der Waals surface area contributed by atoms with E-state index in [9.17, 15) is 9.59 Å². The molecule has 3 rings (SSSR count). The van der Waals surface area contributed by atoms with E-state index in [0.29, 0.717) is 32.6 Å². The van der Waals surface area contributed by atoms with E-state index in [1.165, 1.54) is 33.6 Å². The maximum absolute atomic E-state index is 12.4. The van der Waals surface area contributed by atoms with Crippen LogP contribution >= 0.6 is 23.1 Å². The Balaban J connectivity index is 1.57. The van der Waals surface area contributed by atoms with Crippen LogP contribution in [0.5, 0.6) is 5.75 Å². The van der Waals surface area contributed by atoms with Gasteiger partial charge in [-0.25, -0.2) is 4.98 Å². The van der Waals surface area contributed by atoms with Crippen LogP contribution in [0.4, 0.5) is 5.13 Å². The van der Waals surface area contributed by atoms with Gasteiger partial charge in [-0.2, -0.15) is 0 Å². The molecule has 2 amide bonds. The molecule has 0 bridgehead atoms. The van der Waals surface area contributed by atoms with E-state index in [-0.39, 0.29) is 23.7 Å². The highest BCUT2D eigenvalue weighted by Crippen LogP contribution is 2.26. The molecular formula is C23H30N6O3S2. The molecule has 3 aromatic rings. The molecule has 1 N–H and O–H groups in total. The fourth-order valence-electron chi connectivity index (χ4n) is 3.13. The van der Waals surface area contributed by atoms with Crippen LogP contribution in [0.25, 0.3) is 0 Å². The topological polar surface area (TPSA) is 102 Å². The van der Waals surface area contributed by atoms with E-state index in [2.05, 4.69) is 46.5 Å². The highest BCUT2D eigenvalue weighted by molar-refractivity contribution is 7.99. The molecule has 0 aliphatic carbocycles. The molecule has 0 radical (unpaired) electrons. The minimum Gasteiger partial charge on any atom is -0.483 e. The lowest BCUT2D eigenvalue weighted by Gasteiger charge is -2.15. The second-order valence-corrected chi connectivity index (χ2v) is 10.3. The largest absolute Gasteiger partial charge is 0.483 e. The van der Waals surface area contributed by atoms with Crippen molar-refractivity contribution in [3.8, 4) is 5.75 Å². The molecule has 0 spiro atoms. The molecule has 0 fully saturated rings. The predicted octanol–water partition coefficient (Wildman–Crippen LogP) is 4.28. The first-order valence-electron chi connectivity index (χ1n) is 10.8. The zero-order valence-electron chi connectivity index (χ0n) is 20.4. The maximum atomic E-state index is 12.4. The van der Waals surface area contributed by atoms with Crippen LogP contribution in [-0.2, 0) is 11.8 Å². The fraction of sp³-hybridized carbons (Fsp3) is 0.435. The Bertz CT molecular complexity index is 1150. The average Bonchev–Trinajstić information content (AvgIpc) is 3.33. The van der Waals surface area contributed by atoms with Crippen LogP contribution in [0.15, 0.2) is 29.4 Å². The number of benzene rings is 1. The van der Waals surface area contributed by atoms with E-state index in [1.807, 2.05) is 30.7 Å². The molecule has 11 heteroatoms. The third-order valence-corrected chi connectivity index (χ3v) is 7.15. The Morgan fingerprint density at radius 2 is 1.85 bits per heavy atom. The van der Waals surface area contributed by atoms with Gasteiger partial charge in [0.15, 0.2) is 22.2 Å². The third-order valence-electron chi connectivity index (χ3n) is 5.07. The Hall–Kier alpha value is -2.92. The molecule has 9 nitrogen and oxygen atoms in total. The molecule has 182 valence electrons. The summed E-state index contributed by atoms with van der Waals surface area (Å²) in [5.41, 5.74) is 1.85. The molecule has 0 saturated carbocycles. The first kappa shape index (κ1) is 25.7. The molecule has 2 aromatic heterocycles. The molecule has 0 aliphatic rings. The van der Waals surface area contributed by atoms with Gasteiger partial charge in [0.2, 0.25) is 5.91 Å². The van der Waals surface area contributed by atoms with Gasteiger partial charge in [0, 0.05) is 21.1 Å². The Labute approximate surface area is 207 Å². The number of ether oxygens (including phenoxy) is 1. The Kier molecular flexibility index (Phi) is 8.32. The van der Waals surface area contributed by atoms with Crippen LogP contribution in [-0.4, -0.2) is 56.3 Å². The summed E-state index contributed by atoms with van der Waals surface area (Å²) in [6.07, 6.45) is -0.309. The summed E-state index contributed by atoms with van der Waals surface area (Å²) in [7, 11) is 5.21. The second kappa shape index (κ2) is 11.0. The van der Waals surface area contributed by atoms with Crippen molar-refractivity contribution in [1.82, 2.24) is 24.6 Å². The molecule has 0 aliphatic heterocycles. The Morgan fingerprint density at radius 3 is 2.47 bits per heavy atom. The molecule has 0 saturated heterocycles. The van der Waals surface area contributed by atoms with Crippen molar-refractivity contribution in [3.63, 3.8) is 0 Å². The first-order chi connectivity index (χ1) is 16.1. The second-order valence-electron chi connectivity index (χ2n) is 8.35.